The molecule has 2 aromatic rings. The number of hydrogen-bond acceptors (Lipinski definition) is 2. The van der Waals surface area contributed by atoms with Crippen molar-refractivity contribution in [3.63, 3.8) is 0 Å². The lowest BCUT2D eigenvalue weighted by Crippen LogP contribution is -2.00. The molecule has 1 fully saturated rings. The number of benzene rings is 1. The fraction of sp³-hybridized carbons (Fsp3) is 0.438. The van der Waals surface area contributed by atoms with Gasteiger partial charge in [0, 0.05) is 17.9 Å². The molecular weight excluding hydrogens is 234 g/mol. The number of aromatic nitrogens is 2. The fourth-order valence-corrected chi connectivity index (χ4v) is 2.24. The normalized spacial score (nSPS) is 14.9. The van der Waals surface area contributed by atoms with E-state index in [2.05, 4.69) is 59.2 Å². The van der Waals surface area contributed by atoms with Crippen LogP contribution < -0.4 is 5.32 Å². The summed E-state index contributed by atoms with van der Waals surface area (Å²) in [6, 6.07) is 9.34. The molecule has 100 valence electrons. The summed E-state index contributed by atoms with van der Waals surface area (Å²) in [6.45, 7) is 5.23. The molecule has 19 heavy (non-hydrogen) atoms. The van der Waals surface area contributed by atoms with Crippen molar-refractivity contribution in [3.05, 3.63) is 48.0 Å². The van der Waals surface area contributed by atoms with Gasteiger partial charge in [-0.05, 0) is 36.5 Å². The molecule has 0 saturated heterocycles. The third-order valence-corrected chi connectivity index (χ3v) is 3.65. The Labute approximate surface area is 114 Å². The van der Waals surface area contributed by atoms with Gasteiger partial charge in [-0.25, -0.2) is 4.98 Å². The molecule has 3 heteroatoms. The molecule has 0 bridgehead atoms. The van der Waals surface area contributed by atoms with Gasteiger partial charge in [-0.1, -0.05) is 26.0 Å². The minimum absolute atomic E-state index is 0.566. The molecule has 1 aliphatic rings. The van der Waals surface area contributed by atoms with Crippen molar-refractivity contribution in [3.8, 4) is 0 Å². The van der Waals surface area contributed by atoms with E-state index in [-0.39, 0.29) is 0 Å². The highest BCUT2D eigenvalue weighted by Gasteiger charge is 2.23. The van der Waals surface area contributed by atoms with Gasteiger partial charge in [-0.15, -0.1) is 0 Å². The predicted molar refractivity (Wildman–Crippen MR) is 78.4 cm³/mol. The molecule has 0 spiro atoms. The lowest BCUT2D eigenvalue weighted by atomic mass is 10.0. The standard InChI is InChI=1S/C16H21N3/c1-12(2)13-4-3-5-14(8-13)17-9-15-10-19(11-18-15)16-6-7-16/h3-5,8,10-12,16-17H,6-7,9H2,1-2H3. The first-order chi connectivity index (χ1) is 9.22. The Morgan fingerprint density at radius 2 is 2.21 bits per heavy atom. The van der Waals surface area contributed by atoms with Crippen molar-refractivity contribution in [2.75, 3.05) is 5.32 Å². The molecule has 0 unspecified atom stereocenters. The number of hydrogen-bond donors (Lipinski definition) is 1. The third kappa shape index (κ3) is 2.98. The second-order valence-electron chi connectivity index (χ2n) is 5.68. The number of nitrogens with zero attached hydrogens (tertiary/aromatic N) is 2. The van der Waals surface area contributed by atoms with Crippen LogP contribution in [0.4, 0.5) is 5.69 Å². The lowest BCUT2D eigenvalue weighted by Gasteiger charge is -2.09. The van der Waals surface area contributed by atoms with Gasteiger partial charge in [0.05, 0.1) is 18.6 Å². The van der Waals surface area contributed by atoms with E-state index in [1.165, 1.54) is 24.1 Å². The third-order valence-electron chi connectivity index (χ3n) is 3.65. The van der Waals surface area contributed by atoms with Gasteiger partial charge in [0.15, 0.2) is 0 Å². The Morgan fingerprint density at radius 1 is 1.37 bits per heavy atom. The Balaban J connectivity index is 1.62. The van der Waals surface area contributed by atoms with Crippen molar-refractivity contribution in [2.45, 2.75) is 45.2 Å². The van der Waals surface area contributed by atoms with Gasteiger partial charge in [-0.2, -0.15) is 0 Å². The Kier molecular flexibility index (Phi) is 3.28. The highest BCUT2D eigenvalue weighted by Crippen LogP contribution is 2.34. The van der Waals surface area contributed by atoms with Crippen LogP contribution in [-0.4, -0.2) is 9.55 Å². The maximum absolute atomic E-state index is 4.45. The lowest BCUT2D eigenvalue weighted by molar-refractivity contribution is 0.739. The van der Waals surface area contributed by atoms with Crippen molar-refractivity contribution in [1.29, 1.82) is 0 Å². The highest BCUT2D eigenvalue weighted by molar-refractivity contribution is 5.46. The first-order valence-corrected chi connectivity index (χ1v) is 7.08. The summed E-state index contributed by atoms with van der Waals surface area (Å²) in [4.78, 5) is 4.45. The van der Waals surface area contributed by atoms with Crippen LogP contribution in [-0.2, 0) is 6.54 Å². The first-order valence-electron chi connectivity index (χ1n) is 7.08. The van der Waals surface area contributed by atoms with Gasteiger partial charge in [0.1, 0.15) is 0 Å². The van der Waals surface area contributed by atoms with Gasteiger partial charge in [0.25, 0.3) is 0 Å². The van der Waals surface area contributed by atoms with Crippen molar-refractivity contribution in [2.24, 2.45) is 0 Å². The van der Waals surface area contributed by atoms with Crippen LogP contribution in [0, 0.1) is 0 Å². The van der Waals surface area contributed by atoms with Gasteiger partial charge >= 0.3 is 0 Å². The maximum Gasteiger partial charge on any atom is 0.0952 e. The van der Waals surface area contributed by atoms with Gasteiger partial charge in [0.2, 0.25) is 0 Å². The molecule has 1 heterocycles. The maximum atomic E-state index is 4.45. The van der Waals surface area contributed by atoms with Crippen LogP contribution in [0.25, 0.3) is 0 Å². The van der Waals surface area contributed by atoms with Gasteiger partial charge < -0.3 is 9.88 Å². The van der Waals surface area contributed by atoms with E-state index in [0.717, 1.165) is 12.2 Å². The zero-order valence-corrected chi connectivity index (χ0v) is 11.6. The smallest absolute Gasteiger partial charge is 0.0952 e. The fourth-order valence-electron chi connectivity index (χ4n) is 2.24. The van der Waals surface area contributed by atoms with Gasteiger partial charge in [-0.3, -0.25) is 0 Å². The van der Waals surface area contributed by atoms with E-state index in [9.17, 15) is 0 Å². The van der Waals surface area contributed by atoms with E-state index in [0.29, 0.717) is 12.0 Å². The molecule has 1 aromatic carbocycles. The van der Waals surface area contributed by atoms with Crippen molar-refractivity contribution >= 4 is 5.69 Å². The average Bonchev–Trinajstić information content (AvgIpc) is 3.16. The Bertz CT molecular complexity index is 553. The van der Waals surface area contributed by atoms with Crippen LogP contribution in [0.3, 0.4) is 0 Å². The molecule has 1 saturated carbocycles. The quantitative estimate of drug-likeness (QED) is 0.876. The zero-order chi connectivity index (χ0) is 13.2. The molecule has 0 radical (unpaired) electrons. The molecule has 0 aliphatic heterocycles. The topological polar surface area (TPSA) is 29.9 Å². The number of imidazole rings is 1. The summed E-state index contributed by atoms with van der Waals surface area (Å²) >= 11 is 0. The van der Waals surface area contributed by atoms with E-state index in [4.69, 9.17) is 0 Å². The average molecular weight is 255 g/mol. The van der Waals surface area contributed by atoms with Crippen molar-refractivity contribution in [1.82, 2.24) is 9.55 Å². The number of nitrogens with one attached hydrogen (secondary N) is 1. The summed E-state index contributed by atoms with van der Waals surface area (Å²) in [5, 5.41) is 3.45. The Hall–Kier alpha value is -1.77. The Morgan fingerprint density at radius 3 is 2.95 bits per heavy atom. The molecule has 0 amide bonds. The van der Waals surface area contributed by atoms with E-state index >= 15 is 0 Å². The van der Waals surface area contributed by atoms with E-state index < -0.39 is 0 Å². The minimum Gasteiger partial charge on any atom is -0.379 e. The summed E-state index contributed by atoms with van der Waals surface area (Å²) in [6.07, 6.45) is 6.73. The van der Waals surface area contributed by atoms with Crippen LogP contribution in [0.2, 0.25) is 0 Å². The number of rotatable bonds is 5. The van der Waals surface area contributed by atoms with Crippen LogP contribution >= 0.6 is 0 Å². The molecule has 1 N–H and O–H groups in total. The first kappa shape index (κ1) is 12.3. The zero-order valence-electron chi connectivity index (χ0n) is 11.6. The molecular formula is C16H21N3. The predicted octanol–water partition coefficient (Wildman–Crippen LogP) is 3.95. The summed E-state index contributed by atoms with van der Waals surface area (Å²) in [5.74, 6) is 0.566. The summed E-state index contributed by atoms with van der Waals surface area (Å²) < 4.78 is 2.24. The molecule has 3 rings (SSSR count). The van der Waals surface area contributed by atoms with E-state index in [1.807, 2.05) is 6.33 Å². The SMILES string of the molecule is CC(C)c1cccc(NCc2cn(C3CC3)cn2)c1. The van der Waals surface area contributed by atoms with Crippen LogP contribution in [0.5, 0.6) is 0 Å². The number of anilines is 1. The second-order valence-corrected chi connectivity index (χ2v) is 5.68. The minimum atomic E-state index is 0.566. The molecule has 0 atom stereocenters. The molecule has 1 aromatic heterocycles. The summed E-state index contributed by atoms with van der Waals surface area (Å²) in [7, 11) is 0. The second kappa shape index (κ2) is 5.08. The van der Waals surface area contributed by atoms with E-state index in [1.54, 1.807) is 0 Å². The molecule has 1 aliphatic carbocycles. The highest BCUT2D eigenvalue weighted by atomic mass is 15.1. The largest absolute Gasteiger partial charge is 0.379 e. The summed E-state index contributed by atoms with van der Waals surface area (Å²) in [5.41, 5.74) is 3.66. The molecule has 3 nitrogen and oxygen atoms in total. The van der Waals surface area contributed by atoms with Crippen LogP contribution in [0.15, 0.2) is 36.8 Å². The van der Waals surface area contributed by atoms with Crippen molar-refractivity contribution < 1.29 is 0 Å². The van der Waals surface area contributed by atoms with Crippen LogP contribution in [0.1, 0.15) is 49.9 Å². The monoisotopic (exact) mass is 255 g/mol.